The van der Waals surface area contributed by atoms with Gasteiger partial charge >= 0.3 is 23.9 Å². The summed E-state index contributed by atoms with van der Waals surface area (Å²) in [6.07, 6.45) is 0. The number of benzene rings is 1. The molecule has 0 saturated carbocycles. The van der Waals surface area contributed by atoms with E-state index in [1.54, 1.807) is 0 Å². The molecule has 0 spiro atoms. The van der Waals surface area contributed by atoms with Gasteiger partial charge in [0.15, 0.2) is 23.3 Å². The second-order valence-electron chi connectivity index (χ2n) is 1.78. The van der Waals surface area contributed by atoms with Crippen molar-refractivity contribution < 1.29 is 22.0 Å². The molecule has 0 aliphatic heterocycles. The molecular weight excluding hydrogens is 286 g/mol. The number of hydrogen-bond acceptors (Lipinski definition) is 0. The molecule has 0 unspecified atom stereocenters. The molecule has 0 nitrogen and oxygen atoms in total. The summed E-state index contributed by atoms with van der Waals surface area (Å²) in [5.74, 6) is -9.65. The SMILES string of the molecule is Fc1cc(F)c(F)c(F)c1F.[SnH4]. The Morgan fingerprint density at radius 3 is 1.33 bits per heavy atom. The van der Waals surface area contributed by atoms with E-state index in [4.69, 9.17) is 0 Å². The van der Waals surface area contributed by atoms with Gasteiger partial charge < -0.3 is 0 Å². The molecule has 68 valence electrons. The molecule has 1 aromatic rings. The Morgan fingerprint density at radius 2 is 1.00 bits per heavy atom. The summed E-state index contributed by atoms with van der Waals surface area (Å²) in [7, 11) is 0. The van der Waals surface area contributed by atoms with Crippen LogP contribution in [0.1, 0.15) is 0 Å². The zero-order valence-electron chi connectivity index (χ0n) is 4.97. The third kappa shape index (κ3) is 1.88. The monoisotopic (exact) mass is 292 g/mol. The number of hydrogen-bond donors (Lipinski definition) is 0. The van der Waals surface area contributed by atoms with Crippen molar-refractivity contribution in [2.45, 2.75) is 0 Å². The van der Waals surface area contributed by atoms with Crippen LogP contribution < -0.4 is 0 Å². The first-order chi connectivity index (χ1) is 5.04. The molecule has 0 saturated heterocycles. The summed E-state index contributed by atoms with van der Waals surface area (Å²) >= 11 is 0. The summed E-state index contributed by atoms with van der Waals surface area (Å²) in [4.78, 5) is 0. The first-order valence-electron chi connectivity index (χ1n) is 2.52. The average Bonchev–Trinajstić information content (AvgIpc) is 1.97. The molecule has 12 heavy (non-hydrogen) atoms. The van der Waals surface area contributed by atoms with Crippen LogP contribution in [0.4, 0.5) is 22.0 Å². The van der Waals surface area contributed by atoms with E-state index in [0.29, 0.717) is 0 Å². The standard InChI is InChI=1S/C6HF5.Sn.4H/c7-2-1-3(8)5(10)6(11)4(2)9;;;;;/h1H;;;;;. The van der Waals surface area contributed by atoms with Crippen molar-refractivity contribution in [2.75, 3.05) is 0 Å². The number of halogens is 5. The van der Waals surface area contributed by atoms with E-state index < -0.39 is 29.1 Å². The van der Waals surface area contributed by atoms with E-state index in [-0.39, 0.29) is 30.0 Å². The Balaban J connectivity index is 0.00000121. The Morgan fingerprint density at radius 1 is 0.667 bits per heavy atom. The van der Waals surface area contributed by atoms with Crippen LogP contribution in [0.2, 0.25) is 0 Å². The van der Waals surface area contributed by atoms with Crippen LogP contribution in [0.25, 0.3) is 0 Å². The molecule has 6 heteroatoms. The van der Waals surface area contributed by atoms with E-state index in [1.165, 1.54) is 0 Å². The van der Waals surface area contributed by atoms with E-state index in [0.717, 1.165) is 0 Å². The summed E-state index contributed by atoms with van der Waals surface area (Å²) in [5.41, 5.74) is 0. The normalized spacial score (nSPS) is 9.42. The summed E-state index contributed by atoms with van der Waals surface area (Å²) < 4.78 is 60.0. The quantitative estimate of drug-likeness (QED) is 0.289. The van der Waals surface area contributed by atoms with E-state index in [1.807, 2.05) is 0 Å². The van der Waals surface area contributed by atoms with Gasteiger partial charge in [0.1, 0.15) is 0 Å². The molecule has 0 bridgehead atoms. The predicted molar refractivity (Wildman–Crippen MR) is 37.6 cm³/mol. The van der Waals surface area contributed by atoms with Gasteiger partial charge in [0.05, 0.1) is 0 Å². The predicted octanol–water partition coefficient (Wildman–Crippen LogP) is 0.930. The fraction of sp³-hybridized carbons (Fsp3) is 0. The Bertz CT molecular complexity index is 272. The molecular formula is C6H5F5Sn. The molecule has 0 amide bonds. The maximum absolute atomic E-state index is 12.0. The summed E-state index contributed by atoms with van der Waals surface area (Å²) in [5, 5.41) is 0. The fourth-order valence-corrected chi connectivity index (χ4v) is 0.544. The van der Waals surface area contributed by atoms with E-state index >= 15 is 0 Å². The first-order valence-corrected chi connectivity index (χ1v) is 2.52. The van der Waals surface area contributed by atoms with E-state index in [2.05, 4.69) is 0 Å². The molecule has 0 aliphatic carbocycles. The fourth-order valence-electron chi connectivity index (χ4n) is 0.544. The van der Waals surface area contributed by atoms with Gasteiger partial charge in [0, 0.05) is 6.07 Å². The van der Waals surface area contributed by atoms with Gasteiger partial charge in [-0.25, -0.2) is 22.0 Å². The zero-order chi connectivity index (χ0) is 8.59. The number of rotatable bonds is 0. The van der Waals surface area contributed by atoms with Gasteiger partial charge in [-0.2, -0.15) is 0 Å². The van der Waals surface area contributed by atoms with Crippen LogP contribution in [0, 0.1) is 29.1 Å². The molecule has 0 fully saturated rings. The van der Waals surface area contributed by atoms with Crippen LogP contribution in [0.5, 0.6) is 0 Å². The first kappa shape index (κ1) is 11.7. The van der Waals surface area contributed by atoms with Crippen molar-refractivity contribution in [3.63, 3.8) is 0 Å². The molecule has 0 N–H and O–H groups in total. The molecule has 1 rings (SSSR count). The van der Waals surface area contributed by atoms with Gasteiger partial charge in [-0.05, 0) is 0 Å². The minimum atomic E-state index is -2.14. The van der Waals surface area contributed by atoms with Gasteiger partial charge in [-0.1, -0.05) is 0 Å². The topological polar surface area (TPSA) is 0 Å². The average molecular weight is 291 g/mol. The van der Waals surface area contributed by atoms with Crippen LogP contribution in [-0.4, -0.2) is 23.9 Å². The van der Waals surface area contributed by atoms with Gasteiger partial charge in [0.2, 0.25) is 5.82 Å². The Hall–Kier alpha value is -0.331. The van der Waals surface area contributed by atoms with Crippen molar-refractivity contribution in [3.8, 4) is 0 Å². The molecule has 0 heterocycles. The molecule has 0 radical (unpaired) electrons. The van der Waals surface area contributed by atoms with Crippen LogP contribution in [0.3, 0.4) is 0 Å². The summed E-state index contributed by atoms with van der Waals surface area (Å²) in [6.45, 7) is 0. The Labute approximate surface area is 81.3 Å². The van der Waals surface area contributed by atoms with Crippen molar-refractivity contribution >= 4 is 23.9 Å². The molecule has 0 aromatic heterocycles. The molecule has 1 aromatic carbocycles. The van der Waals surface area contributed by atoms with Crippen molar-refractivity contribution in [1.82, 2.24) is 0 Å². The molecule has 0 atom stereocenters. The second kappa shape index (κ2) is 4.06. The van der Waals surface area contributed by atoms with Gasteiger partial charge in [0.25, 0.3) is 0 Å². The van der Waals surface area contributed by atoms with Gasteiger partial charge in [-0.15, -0.1) is 0 Å². The Kier molecular flexibility index (Phi) is 3.95. The maximum atomic E-state index is 12.0. The van der Waals surface area contributed by atoms with Crippen molar-refractivity contribution in [2.24, 2.45) is 0 Å². The van der Waals surface area contributed by atoms with Crippen molar-refractivity contribution in [1.29, 1.82) is 0 Å². The zero-order valence-corrected chi connectivity index (χ0v) is 4.97. The van der Waals surface area contributed by atoms with Crippen LogP contribution in [0.15, 0.2) is 6.07 Å². The minimum absolute atomic E-state index is 0. The van der Waals surface area contributed by atoms with E-state index in [9.17, 15) is 22.0 Å². The second-order valence-corrected chi connectivity index (χ2v) is 1.78. The van der Waals surface area contributed by atoms with Crippen molar-refractivity contribution in [3.05, 3.63) is 35.2 Å². The summed E-state index contributed by atoms with van der Waals surface area (Å²) in [6, 6.07) is -0.0618. The third-order valence-corrected chi connectivity index (χ3v) is 1.06. The third-order valence-electron chi connectivity index (χ3n) is 1.06. The molecule has 0 aliphatic rings. The van der Waals surface area contributed by atoms with Crippen LogP contribution in [-0.2, 0) is 0 Å². The van der Waals surface area contributed by atoms with Crippen LogP contribution >= 0.6 is 0 Å². The van der Waals surface area contributed by atoms with Gasteiger partial charge in [-0.3, -0.25) is 0 Å².